The molecule has 2 aliphatic carbocycles. The zero-order valence-corrected chi connectivity index (χ0v) is 39.3. The minimum absolute atomic E-state index is 0.0276. The fourth-order valence-corrected chi connectivity index (χ4v) is 10.7. The Labute approximate surface area is 408 Å². The molecule has 0 saturated carbocycles. The first-order chi connectivity index (χ1) is 34.0. The number of hydrogen-bond donors (Lipinski definition) is 0. The van der Waals surface area contributed by atoms with Gasteiger partial charge in [0, 0.05) is 12.1 Å². The van der Waals surface area contributed by atoms with Gasteiger partial charge in [-0.3, -0.25) is 0 Å². The predicted molar refractivity (Wildman–Crippen MR) is 291 cm³/mol. The molecule has 8 aromatic carbocycles. The molecule has 0 spiro atoms. The highest BCUT2D eigenvalue weighted by molar-refractivity contribution is 7.19. The zero-order chi connectivity index (χ0) is 46.9. The van der Waals surface area contributed by atoms with Gasteiger partial charge in [-0.1, -0.05) is 243 Å². The molecule has 0 bridgehead atoms. The van der Waals surface area contributed by atoms with Crippen LogP contribution in [0.5, 0.6) is 0 Å². The Morgan fingerprint density at radius 3 is 1.75 bits per heavy atom. The Balaban J connectivity index is 0.000000121. The Hall–Kier alpha value is -7.72. The predicted octanol–water partition coefficient (Wildman–Crippen LogP) is 12.9. The molecule has 2 aliphatic heterocycles. The number of aliphatic imine (C=N–C) groups is 1. The summed E-state index contributed by atoms with van der Waals surface area (Å²) in [6.07, 6.45) is 19.8. The van der Waals surface area contributed by atoms with Gasteiger partial charge < -0.3 is 9.47 Å². The monoisotopic (exact) mass is 893 g/mol. The summed E-state index contributed by atoms with van der Waals surface area (Å²) in [7, 11) is 0. The molecule has 0 amide bonds. The minimum atomic E-state index is -1.22. The molecule has 1 fully saturated rings. The smallest absolute Gasteiger partial charge is 0.177 e. The highest BCUT2D eigenvalue weighted by Crippen LogP contribution is 2.45. The van der Waals surface area contributed by atoms with Crippen LogP contribution in [-0.2, 0) is 9.47 Å². The highest BCUT2D eigenvalue weighted by Gasteiger charge is 2.42. The normalized spacial score (nSPS) is 18.4. The van der Waals surface area contributed by atoms with Crippen molar-refractivity contribution in [3.05, 3.63) is 288 Å². The minimum Gasteiger partial charge on any atom is -0.350 e. The third-order valence-electron chi connectivity index (χ3n) is 13.9. The van der Waals surface area contributed by atoms with Gasteiger partial charge in [0.15, 0.2) is 11.4 Å². The quantitative estimate of drug-likeness (QED) is 0.123. The lowest BCUT2D eigenvalue weighted by Gasteiger charge is -2.44. The van der Waals surface area contributed by atoms with Crippen LogP contribution in [0.15, 0.2) is 259 Å². The Morgan fingerprint density at radius 1 is 0.551 bits per heavy atom. The number of rotatable bonds is 6. The van der Waals surface area contributed by atoms with Gasteiger partial charge >= 0.3 is 0 Å². The van der Waals surface area contributed by atoms with Crippen molar-refractivity contribution in [3.8, 4) is 0 Å². The number of hydrogen-bond acceptors (Lipinski definition) is 3. The van der Waals surface area contributed by atoms with Gasteiger partial charge in [0.25, 0.3) is 0 Å². The van der Waals surface area contributed by atoms with Crippen LogP contribution in [0, 0.1) is 12.0 Å². The summed E-state index contributed by atoms with van der Waals surface area (Å²) < 4.78 is 12.1. The van der Waals surface area contributed by atoms with E-state index >= 15 is 0 Å². The van der Waals surface area contributed by atoms with Crippen molar-refractivity contribution in [2.24, 2.45) is 10.9 Å². The lowest BCUT2D eigenvalue weighted by Crippen LogP contribution is -2.74. The average molecular weight is 894 g/mol. The molecule has 2 heterocycles. The maximum atomic E-state index is 6.21. The van der Waals surface area contributed by atoms with Crippen LogP contribution in [0.25, 0.3) is 22.9 Å². The molecule has 3 atom stereocenters. The lowest BCUT2D eigenvalue weighted by molar-refractivity contribution is -0.290. The summed E-state index contributed by atoms with van der Waals surface area (Å²) in [5, 5.41) is 2.67. The summed E-state index contributed by atoms with van der Waals surface area (Å²) >= 11 is 0. The highest BCUT2D eigenvalue weighted by atomic mass is 16.7. The van der Waals surface area contributed by atoms with E-state index in [2.05, 4.69) is 236 Å². The largest absolute Gasteiger partial charge is 0.350 e. The van der Waals surface area contributed by atoms with Crippen LogP contribution in [0.4, 0.5) is 0 Å². The van der Waals surface area contributed by atoms with E-state index in [-0.39, 0.29) is 12.0 Å². The molecule has 336 valence electrons. The molecule has 3 nitrogen and oxygen atoms in total. The van der Waals surface area contributed by atoms with E-state index < -0.39 is 11.9 Å². The third-order valence-corrected chi connectivity index (χ3v) is 13.9. The van der Waals surface area contributed by atoms with Crippen LogP contribution >= 0.6 is 0 Å². The van der Waals surface area contributed by atoms with E-state index in [0.717, 1.165) is 12.0 Å². The molecular weight excluding hydrogens is 838 g/mol. The van der Waals surface area contributed by atoms with Crippen LogP contribution in [0.2, 0.25) is 0 Å². The third kappa shape index (κ3) is 9.57. The Bertz CT molecular complexity index is 3030. The van der Waals surface area contributed by atoms with Crippen molar-refractivity contribution in [1.29, 1.82) is 0 Å². The summed E-state index contributed by atoms with van der Waals surface area (Å²) in [5.74, 6) is -0.117. The standard InChI is InChI=1S/C24H20B.C23H16.C18H20NO2/c1-5-13-21(14-6-1)25(22-15-7-2-8-16-22,23-17-9-3-10-18-23)24-19-11-4-12-20-24;1-3-10-20-16(6-1)12-14-18-8-5-9-19-15-13-17-7-2-4-11-21(17)23(19)22(18)20;1-18(2)20-13-16(14-9-6-11-19-12-10-14)17(21-18)15-7-4-3-5-8-15/h1-20H;1-15,22H;3-5,7-8,10-12,16-17H,6,13H2,1-2H3/q-1;;+1/t;22-;16-,17-/m.11/s1. The van der Waals surface area contributed by atoms with Crippen LogP contribution in [0.3, 0.4) is 0 Å². The summed E-state index contributed by atoms with van der Waals surface area (Å²) in [6.45, 7) is 4.55. The fourth-order valence-electron chi connectivity index (χ4n) is 10.7. The van der Waals surface area contributed by atoms with E-state index in [4.69, 9.17) is 9.47 Å². The van der Waals surface area contributed by atoms with E-state index in [0.29, 0.717) is 12.5 Å². The van der Waals surface area contributed by atoms with Crippen molar-refractivity contribution in [3.63, 3.8) is 0 Å². The van der Waals surface area contributed by atoms with Crippen molar-refractivity contribution >= 4 is 57.1 Å². The van der Waals surface area contributed by atoms with Gasteiger partial charge in [-0.15, -0.1) is 0 Å². The molecule has 0 aromatic heterocycles. The molecule has 0 unspecified atom stereocenters. The molecule has 0 N–H and O–H groups in total. The molecule has 69 heavy (non-hydrogen) atoms. The first-order valence-corrected chi connectivity index (χ1v) is 24.2. The van der Waals surface area contributed by atoms with E-state index in [9.17, 15) is 0 Å². The van der Waals surface area contributed by atoms with Gasteiger partial charge in [0.2, 0.25) is 0 Å². The van der Waals surface area contributed by atoms with Crippen LogP contribution in [0.1, 0.15) is 60.1 Å². The number of nitrogens with zero attached hydrogens (tertiary/aromatic N) is 1. The molecule has 0 radical (unpaired) electrons. The second-order valence-electron chi connectivity index (χ2n) is 18.5. The van der Waals surface area contributed by atoms with Gasteiger partial charge in [-0.05, 0) is 58.0 Å². The van der Waals surface area contributed by atoms with Crippen LogP contribution in [-0.4, -0.2) is 24.8 Å². The van der Waals surface area contributed by atoms with Crippen molar-refractivity contribution in [2.45, 2.75) is 38.1 Å². The first-order valence-electron chi connectivity index (χ1n) is 24.2. The van der Waals surface area contributed by atoms with E-state index in [1.807, 2.05) is 50.5 Å². The number of fused-ring (bicyclic) bond motifs is 7. The van der Waals surface area contributed by atoms with E-state index in [1.54, 1.807) is 0 Å². The summed E-state index contributed by atoms with van der Waals surface area (Å²) in [5.41, 5.74) is 14.5. The van der Waals surface area contributed by atoms with Gasteiger partial charge in [0.1, 0.15) is 18.8 Å². The fraction of sp³-hybridized carbons (Fsp3) is 0.123. The Kier molecular flexibility index (Phi) is 13.5. The number of benzene rings is 8. The SMILES string of the molecule is C1=Cc2ccc3ccccc3c2[C@@H]2C(=C1)C=Cc1ccccc12.CC1(C)OC[C@H](C2=[C+]CC=NC=C2)[C@@H](c2ccccc2)O1.c1ccc([B-](c2ccccc2)(c2ccccc2)c2ccccc2)cc1. The molecule has 4 aliphatic rings. The zero-order valence-electron chi connectivity index (χ0n) is 39.3. The maximum Gasteiger partial charge on any atom is 0.177 e. The average Bonchev–Trinajstić information content (AvgIpc) is 3.81. The number of ether oxygens (including phenoxy) is 2. The molecule has 12 rings (SSSR count). The molecule has 8 aromatic rings. The summed E-state index contributed by atoms with van der Waals surface area (Å²) in [6, 6.07) is 75.8. The second-order valence-corrected chi connectivity index (χ2v) is 18.5. The maximum absolute atomic E-state index is 6.21. The van der Waals surface area contributed by atoms with Crippen molar-refractivity contribution in [1.82, 2.24) is 0 Å². The molecule has 1 saturated heterocycles. The molecule has 4 heteroatoms. The Morgan fingerprint density at radius 2 is 1.12 bits per heavy atom. The molecular formula is C65H56BNO2. The summed E-state index contributed by atoms with van der Waals surface area (Å²) in [4.78, 5) is 4.17. The second kappa shape index (κ2) is 20.7. The first kappa shape index (κ1) is 45.1. The van der Waals surface area contributed by atoms with Gasteiger partial charge in [-0.25, -0.2) is 4.99 Å². The topological polar surface area (TPSA) is 30.8 Å². The van der Waals surface area contributed by atoms with Gasteiger partial charge in [-0.2, -0.15) is 21.9 Å². The van der Waals surface area contributed by atoms with E-state index in [1.165, 1.54) is 66.0 Å². The lowest BCUT2D eigenvalue weighted by atomic mass is 9.13. The van der Waals surface area contributed by atoms with Crippen molar-refractivity contribution in [2.75, 3.05) is 6.61 Å². The van der Waals surface area contributed by atoms with Crippen molar-refractivity contribution < 1.29 is 9.47 Å². The number of allylic oxidation sites excluding steroid dienone is 6. The van der Waals surface area contributed by atoms with Crippen LogP contribution < -0.4 is 21.9 Å². The van der Waals surface area contributed by atoms with Gasteiger partial charge in [0.05, 0.1) is 30.8 Å².